The number of rotatable bonds is 7. The lowest BCUT2D eigenvalue weighted by molar-refractivity contribution is -0.385. The van der Waals surface area contributed by atoms with Crippen molar-refractivity contribution in [1.82, 2.24) is 4.90 Å². The highest BCUT2D eigenvalue weighted by Gasteiger charge is 2.33. The van der Waals surface area contributed by atoms with Crippen LogP contribution >= 0.6 is 0 Å². The van der Waals surface area contributed by atoms with Crippen molar-refractivity contribution in [2.45, 2.75) is 26.3 Å². The van der Waals surface area contributed by atoms with Gasteiger partial charge in [-0.15, -0.1) is 0 Å². The van der Waals surface area contributed by atoms with E-state index in [1.54, 1.807) is 11.8 Å². The number of benzene rings is 2. The van der Waals surface area contributed by atoms with Crippen molar-refractivity contribution >= 4 is 17.3 Å². The lowest BCUT2D eigenvalue weighted by Crippen LogP contribution is -2.33. The number of carbonyl (C=O) groups excluding carboxylic acids is 1. The number of para-hydroxylation sites is 1. The monoisotopic (exact) mass is 439 g/mol. The molecule has 2 aromatic carbocycles. The van der Waals surface area contributed by atoms with Crippen molar-refractivity contribution in [1.29, 1.82) is 0 Å². The number of non-ortho nitro benzene ring substituents is 1. The van der Waals surface area contributed by atoms with Crippen LogP contribution in [0, 0.1) is 10.1 Å². The molecule has 0 aromatic heterocycles. The highest BCUT2D eigenvalue weighted by Crippen LogP contribution is 2.35. The second-order valence-electron chi connectivity index (χ2n) is 6.86. The third-order valence-electron chi connectivity index (χ3n) is 4.70. The molecule has 1 N–H and O–H groups in total. The summed E-state index contributed by atoms with van der Waals surface area (Å²) < 4.78 is 50.1. The lowest BCUT2D eigenvalue weighted by atomic mass is 10.1. The first kappa shape index (κ1) is 22.5. The number of amides is 1. The largest absolute Gasteiger partial charge is 0.467 e. The molecule has 0 saturated carbocycles. The number of nitro groups is 1. The first-order valence-corrected chi connectivity index (χ1v) is 9.38. The van der Waals surface area contributed by atoms with Crippen molar-refractivity contribution in [3.05, 3.63) is 63.2 Å². The fourth-order valence-corrected chi connectivity index (χ4v) is 3.26. The Morgan fingerprint density at radius 1 is 1.29 bits per heavy atom. The van der Waals surface area contributed by atoms with Gasteiger partial charge in [-0.1, -0.05) is 19.1 Å². The zero-order chi connectivity index (χ0) is 22.6. The lowest BCUT2D eigenvalue weighted by Gasteiger charge is -2.25. The number of hydrogen-bond acceptors (Lipinski definition) is 6. The molecule has 0 unspecified atom stereocenters. The molecule has 31 heavy (non-hydrogen) atoms. The zero-order valence-electron chi connectivity index (χ0n) is 16.6. The average molecular weight is 439 g/mol. The molecule has 0 atom stereocenters. The quantitative estimate of drug-likeness (QED) is 0.519. The van der Waals surface area contributed by atoms with Gasteiger partial charge in [-0.3, -0.25) is 19.8 Å². The van der Waals surface area contributed by atoms with Gasteiger partial charge in [0.15, 0.2) is 6.79 Å². The van der Waals surface area contributed by atoms with Gasteiger partial charge < -0.3 is 14.8 Å². The van der Waals surface area contributed by atoms with Gasteiger partial charge in [0.25, 0.3) is 5.69 Å². The molecule has 1 amide bonds. The summed E-state index contributed by atoms with van der Waals surface area (Å²) in [6, 6.07) is 7.45. The number of likely N-dealkylation sites (N-methyl/N-ethyl adjacent to an activating group) is 1. The molecule has 1 aliphatic heterocycles. The molecule has 3 rings (SSSR count). The summed E-state index contributed by atoms with van der Waals surface area (Å²) >= 11 is 0. The summed E-state index contributed by atoms with van der Waals surface area (Å²) in [6.45, 7) is 2.22. The number of ether oxygens (including phenoxy) is 2. The van der Waals surface area contributed by atoms with E-state index in [-0.39, 0.29) is 37.9 Å². The molecule has 2 aromatic rings. The number of halogens is 3. The number of nitro benzene ring substituents is 1. The van der Waals surface area contributed by atoms with Crippen molar-refractivity contribution in [3.63, 3.8) is 0 Å². The predicted molar refractivity (Wildman–Crippen MR) is 104 cm³/mol. The van der Waals surface area contributed by atoms with E-state index >= 15 is 0 Å². The van der Waals surface area contributed by atoms with Crippen LogP contribution in [-0.4, -0.2) is 35.6 Å². The fraction of sp³-hybridized carbons (Fsp3) is 0.350. The van der Waals surface area contributed by atoms with Gasteiger partial charge in [-0.2, -0.15) is 13.2 Å². The van der Waals surface area contributed by atoms with Gasteiger partial charge >= 0.3 is 6.18 Å². The Bertz CT molecular complexity index is 981. The maximum absolute atomic E-state index is 13.1. The Kier molecular flexibility index (Phi) is 6.76. The number of nitrogens with zero attached hydrogens (tertiary/aromatic N) is 2. The van der Waals surface area contributed by atoms with Gasteiger partial charge in [-0.05, 0) is 18.7 Å². The minimum absolute atomic E-state index is 0.00134. The minimum Gasteiger partial charge on any atom is -0.467 e. The molecule has 166 valence electrons. The third kappa shape index (κ3) is 5.50. The first-order chi connectivity index (χ1) is 14.7. The summed E-state index contributed by atoms with van der Waals surface area (Å²) in [4.78, 5) is 24.8. The molecule has 0 saturated heterocycles. The van der Waals surface area contributed by atoms with Crippen molar-refractivity contribution in [3.8, 4) is 5.75 Å². The van der Waals surface area contributed by atoms with Gasteiger partial charge in [0.1, 0.15) is 5.75 Å². The smallest absolute Gasteiger partial charge is 0.418 e. The molecule has 0 bridgehead atoms. The molecule has 11 heteroatoms. The molecule has 8 nitrogen and oxygen atoms in total. The van der Waals surface area contributed by atoms with Crippen LogP contribution in [0.15, 0.2) is 36.4 Å². The maximum Gasteiger partial charge on any atom is 0.418 e. The van der Waals surface area contributed by atoms with E-state index in [0.29, 0.717) is 23.4 Å². The second kappa shape index (κ2) is 9.31. The molecule has 0 spiro atoms. The highest BCUT2D eigenvalue weighted by atomic mass is 19.4. The molecule has 1 heterocycles. The number of hydrogen-bond donors (Lipinski definition) is 1. The number of alkyl halides is 3. The van der Waals surface area contributed by atoms with Gasteiger partial charge in [0.2, 0.25) is 5.91 Å². The van der Waals surface area contributed by atoms with Gasteiger partial charge in [0, 0.05) is 29.8 Å². The summed E-state index contributed by atoms with van der Waals surface area (Å²) in [7, 11) is 0. The van der Waals surface area contributed by atoms with Crippen LogP contribution in [0.2, 0.25) is 0 Å². The number of carbonyl (C=O) groups is 1. The highest BCUT2D eigenvalue weighted by molar-refractivity contribution is 5.93. The first-order valence-electron chi connectivity index (χ1n) is 9.38. The van der Waals surface area contributed by atoms with Crippen molar-refractivity contribution < 1.29 is 32.4 Å². The standard InChI is InChI=1S/C20H20F3N3O5/c1-2-25(10-18(27)24-17-6-4-3-5-16(17)20(21,22)23)9-13-7-15(26(28)29)8-14-11-30-12-31-19(13)14/h3-8H,2,9-12H2,1H3,(H,24,27). The van der Waals surface area contributed by atoms with E-state index in [9.17, 15) is 28.1 Å². The van der Waals surface area contributed by atoms with Crippen LogP contribution in [-0.2, 0) is 28.9 Å². The van der Waals surface area contributed by atoms with E-state index in [0.717, 1.165) is 6.07 Å². The Morgan fingerprint density at radius 3 is 2.71 bits per heavy atom. The van der Waals surface area contributed by atoms with Crippen LogP contribution in [0.3, 0.4) is 0 Å². The van der Waals surface area contributed by atoms with E-state index < -0.39 is 22.6 Å². The van der Waals surface area contributed by atoms with Crippen LogP contribution in [0.1, 0.15) is 23.6 Å². The molecule has 0 fully saturated rings. The van der Waals surface area contributed by atoms with Crippen LogP contribution in [0.4, 0.5) is 24.5 Å². The fourth-order valence-electron chi connectivity index (χ4n) is 3.26. The molecule has 0 aliphatic carbocycles. The Hall–Kier alpha value is -3.18. The van der Waals surface area contributed by atoms with Gasteiger partial charge in [-0.25, -0.2) is 0 Å². The molecule has 1 aliphatic rings. The normalized spacial score (nSPS) is 13.5. The SMILES string of the molecule is CCN(CC(=O)Nc1ccccc1C(F)(F)F)Cc1cc([N+](=O)[O-])cc2c1OCOC2. The van der Waals surface area contributed by atoms with Crippen LogP contribution in [0.5, 0.6) is 5.75 Å². The number of anilines is 1. The summed E-state index contributed by atoms with van der Waals surface area (Å²) in [5.41, 5.74) is -0.382. The summed E-state index contributed by atoms with van der Waals surface area (Å²) in [6.07, 6.45) is -4.60. The average Bonchev–Trinajstić information content (AvgIpc) is 2.72. The molecular formula is C20H20F3N3O5. The maximum atomic E-state index is 13.1. The van der Waals surface area contributed by atoms with Gasteiger partial charge in [0.05, 0.1) is 29.3 Å². The molecule has 0 radical (unpaired) electrons. The Labute approximate surface area is 175 Å². The molecular weight excluding hydrogens is 419 g/mol. The summed E-state index contributed by atoms with van der Waals surface area (Å²) in [5, 5.41) is 13.5. The topological polar surface area (TPSA) is 93.9 Å². The number of fused-ring (bicyclic) bond motifs is 1. The van der Waals surface area contributed by atoms with Crippen LogP contribution < -0.4 is 10.1 Å². The van der Waals surface area contributed by atoms with E-state index in [1.165, 1.54) is 30.3 Å². The van der Waals surface area contributed by atoms with E-state index in [4.69, 9.17) is 9.47 Å². The van der Waals surface area contributed by atoms with E-state index in [2.05, 4.69) is 5.32 Å². The third-order valence-corrected chi connectivity index (χ3v) is 4.70. The minimum atomic E-state index is -4.60. The van der Waals surface area contributed by atoms with E-state index in [1.807, 2.05) is 0 Å². The second-order valence-corrected chi connectivity index (χ2v) is 6.86. The van der Waals surface area contributed by atoms with Crippen LogP contribution in [0.25, 0.3) is 0 Å². The predicted octanol–water partition coefficient (Wildman–Crippen LogP) is 3.94. The zero-order valence-corrected chi connectivity index (χ0v) is 16.6. The Balaban J connectivity index is 1.77. The number of nitrogens with one attached hydrogen (secondary N) is 1. The summed E-state index contributed by atoms with van der Waals surface area (Å²) in [5.74, 6) is -0.180. The van der Waals surface area contributed by atoms with Crippen molar-refractivity contribution in [2.75, 3.05) is 25.2 Å². The Morgan fingerprint density at radius 2 is 2.03 bits per heavy atom. The van der Waals surface area contributed by atoms with Crippen molar-refractivity contribution in [2.24, 2.45) is 0 Å².